The van der Waals surface area contributed by atoms with Gasteiger partial charge in [-0.1, -0.05) is 0 Å². The molecule has 2 N–H and O–H groups in total. The van der Waals surface area contributed by atoms with E-state index < -0.39 is 17.6 Å². The molecule has 5 rings (SSSR count). The van der Waals surface area contributed by atoms with Crippen LogP contribution in [0.2, 0.25) is 5.28 Å². The van der Waals surface area contributed by atoms with Crippen LogP contribution in [0.15, 0.2) is 6.33 Å². The second kappa shape index (κ2) is 8.91. The summed E-state index contributed by atoms with van der Waals surface area (Å²) >= 11 is 7.83. The van der Waals surface area contributed by atoms with Crippen LogP contribution < -0.4 is 5.73 Å². The van der Waals surface area contributed by atoms with Crippen LogP contribution in [0.25, 0.3) is 11.2 Å². The molecule has 0 aromatic carbocycles. The molecule has 0 bridgehead atoms. The van der Waals surface area contributed by atoms with E-state index in [9.17, 15) is 4.79 Å². The average Bonchev–Trinajstić information content (AvgIpc) is 3.48. The number of carbonyl (C=O) groups excluding carboxylic acids is 1. The molecule has 2 aromatic rings. The second-order valence-electron chi connectivity index (χ2n) is 10.5. The summed E-state index contributed by atoms with van der Waals surface area (Å²) in [6.45, 7) is 10.7. The minimum Gasteiger partial charge on any atom is -0.444 e. The lowest BCUT2D eigenvalue weighted by Gasteiger charge is -2.25. The lowest BCUT2D eigenvalue weighted by atomic mass is 10.1. The largest absolute Gasteiger partial charge is 0.444 e. The zero-order valence-corrected chi connectivity index (χ0v) is 22.0. The number of anilines is 1. The molecule has 0 saturated carbocycles. The van der Waals surface area contributed by atoms with Crippen molar-refractivity contribution in [1.29, 1.82) is 0 Å². The van der Waals surface area contributed by atoms with Crippen LogP contribution in [0, 0.1) is 0 Å². The molecule has 3 fully saturated rings. The van der Waals surface area contributed by atoms with Crippen LogP contribution in [0.1, 0.15) is 47.3 Å². The number of nitrogens with zero attached hydrogens (tertiary/aromatic N) is 5. The fourth-order valence-electron chi connectivity index (χ4n) is 4.70. The number of fused-ring (bicyclic) bond motifs is 2. The Kier molecular flexibility index (Phi) is 6.32. The summed E-state index contributed by atoms with van der Waals surface area (Å²) in [6.07, 6.45) is 0.900. The van der Waals surface area contributed by atoms with Gasteiger partial charge in [-0.15, -0.1) is 0 Å². The molecule has 1 unspecified atom stereocenters. The number of carbonyl (C=O) groups is 1. The Bertz CT molecular complexity index is 1120. The molecule has 35 heavy (non-hydrogen) atoms. The van der Waals surface area contributed by atoms with E-state index in [1.807, 2.05) is 34.6 Å². The van der Waals surface area contributed by atoms with E-state index in [1.165, 1.54) is 0 Å². The highest BCUT2D eigenvalue weighted by Crippen LogP contribution is 2.45. The Morgan fingerprint density at radius 2 is 2.06 bits per heavy atom. The van der Waals surface area contributed by atoms with Gasteiger partial charge >= 0.3 is 6.09 Å². The number of nitrogen functional groups attached to an aromatic ring is 1. The van der Waals surface area contributed by atoms with Crippen LogP contribution in [0.4, 0.5) is 10.6 Å². The third-order valence-electron chi connectivity index (χ3n) is 6.11. The van der Waals surface area contributed by atoms with Gasteiger partial charge in [-0.05, 0) is 52.6 Å². The maximum atomic E-state index is 12.4. The summed E-state index contributed by atoms with van der Waals surface area (Å²) in [4.78, 5) is 26.8. The first kappa shape index (κ1) is 24.8. The third-order valence-corrected chi connectivity index (χ3v) is 7.66. The second-order valence-corrected chi connectivity index (χ2v) is 12.2. The quantitative estimate of drug-likeness (QED) is 0.593. The summed E-state index contributed by atoms with van der Waals surface area (Å²) in [6, 6.07) is 0. The third kappa shape index (κ3) is 5.04. The highest BCUT2D eigenvalue weighted by Gasteiger charge is 2.56. The van der Waals surface area contributed by atoms with Crippen molar-refractivity contribution in [2.75, 3.05) is 24.6 Å². The van der Waals surface area contributed by atoms with Gasteiger partial charge in [0.2, 0.25) is 5.28 Å². The Morgan fingerprint density at radius 3 is 2.80 bits per heavy atom. The van der Waals surface area contributed by atoms with Gasteiger partial charge in [0.1, 0.15) is 23.3 Å². The number of hydrogen-bond acceptors (Lipinski definition) is 10. The molecule has 3 aliphatic rings. The van der Waals surface area contributed by atoms with E-state index in [0.29, 0.717) is 35.3 Å². The van der Waals surface area contributed by atoms with Gasteiger partial charge in [-0.25, -0.2) is 9.78 Å². The maximum Gasteiger partial charge on any atom is 0.410 e. The lowest BCUT2D eigenvalue weighted by molar-refractivity contribution is -0.193. The first-order valence-corrected chi connectivity index (χ1v) is 13.1. The average molecular weight is 527 g/mol. The summed E-state index contributed by atoms with van der Waals surface area (Å²) in [5, 5.41) is 0.331. The maximum absolute atomic E-state index is 12.4. The molecule has 0 spiro atoms. The Morgan fingerprint density at radius 1 is 1.31 bits per heavy atom. The highest BCUT2D eigenvalue weighted by atomic mass is 35.5. The van der Waals surface area contributed by atoms with E-state index in [4.69, 9.17) is 36.3 Å². The van der Waals surface area contributed by atoms with Crippen molar-refractivity contribution in [3.63, 3.8) is 0 Å². The molecule has 192 valence electrons. The van der Waals surface area contributed by atoms with Crippen molar-refractivity contribution in [3.8, 4) is 0 Å². The van der Waals surface area contributed by atoms with E-state index >= 15 is 0 Å². The van der Waals surface area contributed by atoms with Crippen LogP contribution in [-0.4, -0.2) is 84.3 Å². The molecule has 13 heteroatoms. The van der Waals surface area contributed by atoms with Gasteiger partial charge in [-0.2, -0.15) is 21.7 Å². The summed E-state index contributed by atoms with van der Waals surface area (Å²) in [5.41, 5.74) is 6.42. The van der Waals surface area contributed by atoms with Crippen molar-refractivity contribution in [3.05, 3.63) is 11.6 Å². The number of ether oxygens (including phenoxy) is 4. The normalized spacial score (nSPS) is 30.2. The number of imidazole rings is 1. The molecule has 3 aliphatic heterocycles. The number of nitrogens with two attached hydrogens (primary N) is 1. The smallest absolute Gasteiger partial charge is 0.410 e. The Labute approximate surface area is 213 Å². The first-order valence-electron chi connectivity index (χ1n) is 11.7. The number of hydrogen-bond donors (Lipinski definition) is 1. The fourth-order valence-corrected chi connectivity index (χ4v) is 6.16. The Hall–Kier alpha value is -1.86. The fraction of sp³-hybridized carbons (Fsp3) is 0.727. The van der Waals surface area contributed by atoms with Gasteiger partial charge in [0.15, 0.2) is 23.5 Å². The number of likely N-dealkylation sites (tertiary alicyclic amines) is 1. The molecule has 0 radical (unpaired) electrons. The predicted octanol–water partition coefficient (Wildman–Crippen LogP) is 3.22. The van der Waals surface area contributed by atoms with Crippen LogP contribution in [0.5, 0.6) is 0 Å². The Balaban J connectivity index is 1.28. The van der Waals surface area contributed by atoms with Crippen molar-refractivity contribution in [2.24, 2.45) is 0 Å². The lowest BCUT2D eigenvalue weighted by Crippen LogP contribution is -2.36. The minimum absolute atomic E-state index is 0.0399. The van der Waals surface area contributed by atoms with Gasteiger partial charge in [0, 0.05) is 24.1 Å². The van der Waals surface area contributed by atoms with Gasteiger partial charge in [0.25, 0.3) is 0 Å². The first-order chi connectivity index (χ1) is 16.4. The van der Waals surface area contributed by atoms with Crippen molar-refractivity contribution in [1.82, 2.24) is 24.4 Å². The van der Waals surface area contributed by atoms with Gasteiger partial charge in [-0.3, -0.25) is 4.57 Å². The number of thioether (sulfide) groups is 1. The molecule has 0 aliphatic carbocycles. The molecule has 1 amide bonds. The topological polar surface area (TPSA) is 127 Å². The molecular weight excluding hydrogens is 496 g/mol. The summed E-state index contributed by atoms with van der Waals surface area (Å²) in [7, 11) is 0. The van der Waals surface area contributed by atoms with E-state index in [1.54, 1.807) is 27.6 Å². The van der Waals surface area contributed by atoms with Crippen molar-refractivity contribution in [2.45, 2.75) is 82.2 Å². The number of amides is 1. The van der Waals surface area contributed by atoms with Crippen molar-refractivity contribution >= 4 is 46.4 Å². The zero-order valence-electron chi connectivity index (χ0n) is 20.4. The number of aromatic nitrogens is 4. The zero-order chi connectivity index (χ0) is 25.1. The summed E-state index contributed by atoms with van der Waals surface area (Å²) in [5.74, 6) is 0.151. The van der Waals surface area contributed by atoms with E-state index in [0.717, 1.165) is 6.42 Å². The molecule has 2 aromatic heterocycles. The SMILES string of the molecule is CC(C)(C)OC(=O)N1CCC(SC[C@H]2O[C@@H](n3cnc4c(N)nc(Cl)nc43)[C@@H]3OC(C)(C)O[C@@H]32)C1. The number of rotatable bonds is 4. The standard InChI is InChI=1S/C22H31ClN6O5S/c1-21(2,3)34-20(30)28-7-6-11(8-28)35-9-12-14-15(33-22(4,5)32-14)18(31-12)29-10-25-13-16(24)26-19(23)27-17(13)29/h10-12,14-15,18H,6-9H2,1-5H3,(H2,24,26,27)/t11?,12-,14-,15-,18-/m1/s1. The predicted molar refractivity (Wildman–Crippen MR) is 131 cm³/mol. The summed E-state index contributed by atoms with van der Waals surface area (Å²) < 4.78 is 26.2. The molecular formula is C22H31ClN6O5S. The highest BCUT2D eigenvalue weighted by molar-refractivity contribution is 8.00. The van der Waals surface area contributed by atoms with E-state index in [-0.39, 0.29) is 35.5 Å². The monoisotopic (exact) mass is 526 g/mol. The number of halogens is 1. The van der Waals surface area contributed by atoms with E-state index in [2.05, 4.69) is 15.0 Å². The van der Waals surface area contributed by atoms with Gasteiger partial charge < -0.3 is 29.6 Å². The molecule has 11 nitrogen and oxygen atoms in total. The molecule has 5 atom stereocenters. The molecule has 3 saturated heterocycles. The molecule has 5 heterocycles. The van der Waals surface area contributed by atoms with Crippen molar-refractivity contribution < 1.29 is 23.7 Å². The van der Waals surface area contributed by atoms with Gasteiger partial charge in [0.05, 0.1) is 12.4 Å². The van der Waals surface area contributed by atoms with Crippen LogP contribution in [-0.2, 0) is 18.9 Å². The van der Waals surface area contributed by atoms with Crippen LogP contribution in [0.3, 0.4) is 0 Å². The minimum atomic E-state index is -0.747. The van der Waals surface area contributed by atoms with Crippen LogP contribution >= 0.6 is 23.4 Å².